The van der Waals surface area contributed by atoms with Gasteiger partial charge in [-0.3, -0.25) is 4.98 Å². The SMILES string of the molecule is c1cncc(C(c2c[nH]c3ccccc23)n2ccnc2)c1. The monoisotopic (exact) mass is 274 g/mol. The zero-order chi connectivity index (χ0) is 14.1. The van der Waals surface area contributed by atoms with E-state index in [0.717, 1.165) is 11.1 Å². The van der Waals surface area contributed by atoms with Crippen LogP contribution in [0.1, 0.15) is 17.2 Å². The lowest BCUT2D eigenvalue weighted by molar-refractivity contribution is 0.678. The zero-order valence-electron chi connectivity index (χ0n) is 11.3. The summed E-state index contributed by atoms with van der Waals surface area (Å²) in [6, 6.07) is 12.5. The third-order valence-corrected chi connectivity index (χ3v) is 3.74. The van der Waals surface area contributed by atoms with Crippen molar-refractivity contribution in [3.63, 3.8) is 0 Å². The Morgan fingerprint density at radius 2 is 1.95 bits per heavy atom. The second-order valence-electron chi connectivity index (χ2n) is 4.99. The fourth-order valence-electron chi connectivity index (χ4n) is 2.79. The highest BCUT2D eigenvalue weighted by Gasteiger charge is 2.19. The average Bonchev–Trinajstić information content (AvgIpc) is 3.20. The number of rotatable bonds is 3. The molecule has 1 aromatic carbocycles. The van der Waals surface area contributed by atoms with Crippen molar-refractivity contribution in [2.45, 2.75) is 6.04 Å². The Labute approximate surface area is 122 Å². The number of pyridine rings is 1. The van der Waals surface area contributed by atoms with Crippen LogP contribution in [-0.2, 0) is 0 Å². The third kappa shape index (κ3) is 2.01. The molecule has 4 nitrogen and oxygen atoms in total. The van der Waals surface area contributed by atoms with E-state index < -0.39 is 0 Å². The summed E-state index contributed by atoms with van der Waals surface area (Å²) in [5, 5.41) is 1.22. The summed E-state index contributed by atoms with van der Waals surface area (Å²) < 4.78 is 2.10. The van der Waals surface area contributed by atoms with Crippen LogP contribution in [0.15, 0.2) is 73.7 Å². The summed E-state index contributed by atoms with van der Waals surface area (Å²) in [5.41, 5.74) is 3.50. The number of H-pyrrole nitrogens is 1. The largest absolute Gasteiger partial charge is 0.361 e. The molecule has 0 saturated heterocycles. The molecule has 1 atom stereocenters. The first-order chi connectivity index (χ1) is 10.4. The molecule has 0 amide bonds. The number of benzene rings is 1. The van der Waals surface area contributed by atoms with Gasteiger partial charge in [-0.25, -0.2) is 4.98 Å². The second kappa shape index (κ2) is 4.90. The van der Waals surface area contributed by atoms with Crippen LogP contribution in [0.4, 0.5) is 0 Å². The van der Waals surface area contributed by atoms with Crippen molar-refractivity contribution in [1.82, 2.24) is 19.5 Å². The summed E-state index contributed by atoms with van der Waals surface area (Å²) in [7, 11) is 0. The maximum Gasteiger partial charge on any atom is 0.0954 e. The Morgan fingerprint density at radius 1 is 1.00 bits per heavy atom. The van der Waals surface area contributed by atoms with Gasteiger partial charge >= 0.3 is 0 Å². The molecule has 0 spiro atoms. The Kier molecular flexibility index (Phi) is 2.78. The van der Waals surface area contributed by atoms with E-state index in [9.17, 15) is 0 Å². The van der Waals surface area contributed by atoms with E-state index >= 15 is 0 Å². The van der Waals surface area contributed by atoms with Gasteiger partial charge in [-0.1, -0.05) is 24.3 Å². The molecule has 3 heterocycles. The smallest absolute Gasteiger partial charge is 0.0954 e. The molecule has 0 aliphatic carbocycles. The summed E-state index contributed by atoms with van der Waals surface area (Å²) in [6.45, 7) is 0. The number of aromatic amines is 1. The topological polar surface area (TPSA) is 46.5 Å². The predicted molar refractivity (Wildman–Crippen MR) is 82.0 cm³/mol. The number of fused-ring (bicyclic) bond motifs is 1. The molecule has 21 heavy (non-hydrogen) atoms. The molecular formula is C17H14N4. The Morgan fingerprint density at radius 3 is 2.76 bits per heavy atom. The number of hydrogen-bond donors (Lipinski definition) is 1. The summed E-state index contributed by atoms with van der Waals surface area (Å²) in [5.74, 6) is 0. The second-order valence-corrected chi connectivity index (χ2v) is 4.99. The summed E-state index contributed by atoms with van der Waals surface area (Å²) in [6.07, 6.45) is 11.4. The molecule has 4 aromatic rings. The predicted octanol–water partition coefficient (Wildman–Crippen LogP) is 3.40. The molecule has 0 aliphatic heterocycles. The van der Waals surface area contributed by atoms with E-state index in [1.807, 2.05) is 30.9 Å². The van der Waals surface area contributed by atoms with Crippen LogP contribution in [0.3, 0.4) is 0 Å². The molecule has 0 aliphatic rings. The highest BCUT2D eigenvalue weighted by molar-refractivity contribution is 5.84. The average molecular weight is 274 g/mol. The van der Waals surface area contributed by atoms with Gasteiger partial charge in [0.1, 0.15) is 0 Å². The molecule has 4 rings (SSSR count). The van der Waals surface area contributed by atoms with Crippen molar-refractivity contribution in [3.05, 3.63) is 84.8 Å². The fraction of sp³-hybridized carbons (Fsp3) is 0.0588. The van der Waals surface area contributed by atoms with Gasteiger partial charge in [0.2, 0.25) is 0 Å². The molecule has 0 saturated carbocycles. The Bertz CT molecular complexity index is 847. The standard InChI is InChI=1S/C17H14N4/c1-2-6-16-14(5-1)15(11-20-16)17(21-9-8-19-12-21)13-4-3-7-18-10-13/h1-12,17,20H. The lowest BCUT2D eigenvalue weighted by Crippen LogP contribution is -2.10. The number of imidazole rings is 1. The first-order valence-electron chi connectivity index (χ1n) is 6.87. The van der Waals surface area contributed by atoms with Crippen LogP contribution in [0.25, 0.3) is 10.9 Å². The van der Waals surface area contributed by atoms with Crippen molar-refractivity contribution in [2.24, 2.45) is 0 Å². The van der Waals surface area contributed by atoms with E-state index in [2.05, 4.69) is 50.0 Å². The summed E-state index contributed by atoms with van der Waals surface area (Å²) >= 11 is 0. The van der Waals surface area contributed by atoms with Gasteiger partial charge in [-0.2, -0.15) is 0 Å². The molecule has 102 valence electrons. The summed E-state index contributed by atoms with van der Waals surface area (Å²) in [4.78, 5) is 11.8. The molecule has 1 unspecified atom stereocenters. The van der Waals surface area contributed by atoms with Crippen molar-refractivity contribution < 1.29 is 0 Å². The van der Waals surface area contributed by atoms with E-state index in [1.54, 1.807) is 12.4 Å². The van der Waals surface area contributed by atoms with Gasteiger partial charge in [0, 0.05) is 47.5 Å². The minimum atomic E-state index is 0.0670. The van der Waals surface area contributed by atoms with E-state index in [1.165, 1.54) is 10.9 Å². The number of nitrogens with zero attached hydrogens (tertiary/aromatic N) is 3. The Hall–Kier alpha value is -2.88. The molecule has 0 fully saturated rings. The van der Waals surface area contributed by atoms with Crippen LogP contribution in [0.5, 0.6) is 0 Å². The fourth-order valence-corrected chi connectivity index (χ4v) is 2.79. The van der Waals surface area contributed by atoms with E-state index in [4.69, 9.17) is 0 Å². The van der Waals surface area contributed by atoms with Crippen LogP contribution in [0.2, 0.25) is 0 Å². The highest BCUT2D eigenvalue weighted by Crippen LogP contribution is 2.31. The number of hydrogen-bond acceptors (Lipinski definition) is 2. The number of aromatic nitrogens is 4. The minimum absolute atomic E-state index is 0.0670. The van der Waals surface area contributed by atoms with Crippen molar-refractivity contribution >= 4 is 10.9 Å². The quantitative estimate of drug-likeness (QED) is 0.622. The van der Waals surface area contributed by atoms with Crippen LogP contribution in [-0.4, -0.2) is 19.5 Å². The Balaban J connectivity index is 1.95. The zero-order valence-corrected chi connectivity index (χ0v) is 11.3. The lowest BCUT2D eigenvalue weighted by atomic mass is 9.99. The van der Waals surface area contributed by atoms with E-state index in [0.29, 0.717) is 0 Å². The van der Waals surface area contributed by atoms with E-state index in [-0.39, 0.29) is 6.04 Å². The highest BCUT2D eigenvalue weighted by atomic mass is 15.1. The maximum atomic E-state index is 4.26. The normalized spacial score (nSPS) is 12.6. The van der Waals surface area contributed by atoms with Crippen LogP contribution in [0, 0.1) is 0 Å². The third-order valence-electron chi connectivity index (χ3n) is 3.74. The molecular weight excluding hydrogens is 260 g/mol. The van der Waals surface area contributed by atoms with Gasteiger partial charge in [0.05, 0.1) is 12.4 Å². The molecule has 3 aromatic heterocycles. The molecule has 1 N–H and O–H groups in total. The first-order valence-corrected chi connectivity index (χ1v) is 6.87. The van der Waals surface area contributed by atoms with Gasteiger partial charge < -0.3 is 9.55 Å². The first kappa shape index (κ1) is 11.9. The van der Waals surface area contributed by atoms with Crippen LogP contribution >= 0.6 is 0 Å². The van der Waals surface area contributed by atoms with Gasteiger partial charge in [0.15, 0.2) is 0 Å². The molecule has 0 radical (unpaired) electrons. The van der Waals surface area contributed by atoms with Crippen LogP contribution < -0.4 is 0 Å². The number of nitrogens with one attached hydrogen (secondary N) is 1. The van der Waals surface area contributed by atoms with Gasteiger partial charge in [-0.05, 0) is 17.7 Å². The lowest BCUT2D eigenvalue weighted by Gasteiger charge is -2.18. The minimum Gasteiger partial charge on any atom is -0.361 e. The van der Waals surface area contributed by atoms with Gasteiger partial charge in [-0.15, -0.1) is 0 Å². The van der Waals surface area contributed by atoms with Crippen molar-refractivity contribution in [2.75, 3.05) is 0 Å². The van der Waals surface area contributed by atoms with Gasteiger partial charge in [0.25, 0.3) is 0 Å². The molecule has 4 heteroatoms. The molecule has 0 bridgehead atoms. The van der Waals surface area contributed by atoms with Crippen molar-refractivity contribution in [1.29, 1.82) is 0 Å². The number of para-hydroxylation sites is 1. The van der Waals surface area contributed by atoms with Crippen molar-refractivity contribution in [3.8, 4) is 0 Å². The maximum absolute atomic E-state index is 4.26.